The summed E-state index contributed by atoms with van der Waals surface area (Å²) >= 11 is 0. The molecule has 112 valence electrons. The number of rotatable bonds is 4. The van der Waals surface area contributed by atoms with Crippen molar-refractivity contribution < 1.29 is 18.0 Å². The van der Waals surface area contributed by atoms with Gasteiger partial charge in [0.05, 0.1) is 0 Å². The molecule has 7 heteroatoms. The highest BCUT2D eigenvalue weighted by Gasteiger charge is 2.28. The van der Waals surface area contributed by atoms with E-state index in [1.54, 1.807) is 12.1 Å². The molecule has 1 heterocycles. The van der Waals surface area contributed by atoms with Crippen molar-refractivity contribution in [1.29, 1.82) is 0 Å². The van der Waals surface area contributed by atoms with Crippen LogP contribution in [0.1, 0.15) is 17.4 Å². The van der Waals surface area contributed by atoms with Gasteiger partial charge < -0.3 is 10.6 Å². The molecule has 2 N–H and O–H groups in total. The van der Waals surface area contributed by atoms with Gasteiger partial charge in [-0.3, -0.25) is 4.79 Å². The second-order valence-corrected chi connectivity index (χ2v) is 4.41. The Kier molecular flexibility index (Phi) is 4.30. The number of hydrogen-bond donors (Lipinski definition) is 2. The third-order valence-electron chi connectivity index (χ3n) is 2.77. The second kappa shape index (κ2) is 5.99. The van der Waals surface area contributed by atoms with Crippen LogP contribution in [0.25, 0.3) is 10.8 Å². The summed E-state index contributed by atoms with van der Waals surface area (Å²) in [6.07, 6.45) is -4.45. The molecule has 0 fully saturated rings. The smallest absolute Gasteiger partial charge is 0.370 e. The molecule has 0 aliphatic rings. The SMILES string of the molecule is CCNc1nc(C(=O)NCC(F)(F)F)cc2ccccc12. The minimum Gasteiger partial charge on any atom is -0.370 e. The van der Waals surface area contributed by atoms with Gasteiger partial charge in [-0.05, 0) is 18.4 Å². The van der Waals surface area contributed by atoms with Crippen LogP contribution in [0.15, 0.2) is 30.3 Å². The predicted molar refractivity (Wildman–Crippen MR) is 74.3 cm³/mol. The topological polar surface area (TPSA) is 54.0 Å². The third kappa shape index (κ3) is 3.84. The molecule has 0 spiro atoms. The van der Waals surface area contributed by atoms with Crippen LogP contribution in [0, 0.1) is 0 Å². The van der Waals surface area contributed by atoms with E-state index in [0.29, 0.717) is 12.4 Å². The third-order valence-corrected chi connectivity index (χ3v) is 2.77. The molecule has 0 saturated carbocycles. The van der Waals surface area contributed by atoms with Gasteiger partial charge >= 0.3 is 6.18 Å². The fourth-order valence-corrected chi connectivity index (χ4v) is 1.89. The Hall–Kier alpha value is -2.31. The molecule has 0 aliphatic heterocycles. The van der Waals surface area contributed by atoms with Crippen molar-refractivity contribution in [1.82, 2.24) is 10.3 Å². The molecule has 1 amide bonds. The van der Waals surface area contributed by atoms with Crippen LogP contribution < -0.4 is 10.6 Å². The van der Waals surface area contributed by atoms with Crippen LogP contribution in [-0.2, 0) is 0 Å². The van der Waals surface area contributed by atoms with Crippen LogP contribution in [0.5, 0.6) is 0 Å². The van der Waals surface area contributed by atoms with E-state index in [9.17, 15) is 18.0 Å². The van der Waals surface area contributed by atoms with Gasteiger partial charge in [0, 0.05) is 11.9 Å². The van der Waals surface area contributed by atoms with Crippen molar-refractivity contribution in [2.45, 2.75) is 13.1 Å². The summed E-state index contributed by atoms with van der Waals surface area (Å²) in [4.78, 5) is 15.9. The minimum atomic E-state index is -4.45. The largest absolute Gasteiger partial charge is 0.405 e. The molecule has 1 aromatic heterocycles. The average Bonchev–Trinajstić information content (AvgIpc) is 2.44. The van der Waals surface area contributed by atoms with Crippen molar-refractivity contribution in [3.8, 4) is 0 Å². The van der Waals surface area contributed by atoms with Crippen LogP contribution in [0.3, 0.4) is 0 Å². The lowest BCUT2D eigenvalue weighted by Crippen LogP contribution is -2.34. The molecule has 0 atom stereocenters. The lowest BCUT2D eigenvalue weighted by molar-refractivity contribution is -0.123. The standard InChI is InChI=1S/C14H14F3N3O/c1-2-18-12-10-6-4-3-5-9(10)7-11(20-12)13(21)19-8-14(15,16)17/h3-7H,2,8H2,1H3,(H,18,20)(H,19,21). The van der Waals surface area contributed by atoms with E-state index >= 15 is 0 Å². The molecule has 21 heavy (non-hydrogen) atoms. The fourth-order valence-electron chi connectivity index (χ4n) is 1.89. The molecule has 0 radical (unpaired) electrons. The summed E-state index contributed by atoms with van der Waals surface area (Å²) in [5, 5.41) is 6.37. The van der Waals surface area contributed by atoms with Crippen molar-refractivity contribution in [2.75, 3.05) is 18.4 Å². The fraction of sp³-hybridized carbons (Fsp3) is 0.286. The summed E-state index contributed by atoms with van der Waals surface area (Å²) in [5.74, 6) is -0.370. The van der Waals surface area contributed by atoms with E-state index in [4.69, 9.17) is 0 Å². The van der Waals surface area contributed by atoms with Crippen LogP contribution in [0.2, 0.25) is 0 Å². The van der Waals surface area contributed by atoms with E-state index in [2.05, 4.69) is 10.3 Å². The van der Waals surface area contributed by atoms with E-state index < -0.39 is 18.6 Å². The van der Waals surface area contributed by atoms with Crippen LogP contribution in [-0.4, -0.2) is 30.2 Å². The van der Waals surface area contributed by atoms with Gasteiger partial charge in [-0.15, -0.1) is 0 Å². The van der Waals surface area contributed by atoms with Crippen LogP contribution >= 0.6 is 0 Å². The monoisotopic (exact) mass is 297 g/mol. The second-order valence-electron chi connectivity index (χ2n) is 4.41. The number of aromatic nitrogens is 1. The number of carbonyl (C=O) groups excluding carboxylic acids is 1. The molecule has 0 bridgehead atoms. The number of fused-ring (bicyclic) bond motifs is 1. The highest BCUT2D eigenvalue weighted by molar-refractivity contribution is 6.00. The molecule has 0 unspecified atom stereocenters. The Morgan fingerprint density at radius 3 is 2.67 bits per heavy atom. The van der Waals surface area contributed by atoms with Gasteiger partial charge in [0.15, 0.2) is 0 Å². The molecule has 1 aromatic carbocycles. The van der Waals surface area contributed by atoms with Gasteiger partial charge in [0.25, 0.3) is 5.91 Å². The number of nitrogens with one attached hydrogen (secondary N) is 2. The van der Waals surface area contributed by atoms with Crippen LogP contribution in [0.4, 0.5) is 19.0 Å². The van der Waals surface area contributed by atoms with Gasteiger partial charge in [-0.25, -0.2) is 4.98 Å². The lowest BCUT2D eigenvalue weighted by atomic mass is 10.1. The normalized spacial score (nSPS) is 11.4. The molecule has 0 aliphatic carbocycles. The molecular formula is C14H14F3N3O. The van der Waals surface area contributed by atoms with Gasteiger partial charge in [0.2, 0.25) is 0 Å². The first-order valence-corrected chi connectivity index (χ1v) is 6.39. The number of benzene rings is 1. The number of hydrogen-bond acceptors (Lipinski definition) is 3. The quantitative estimate of drug-likeness (QED) is 0.912. The van der Waals surface area contributed by atoms with E-state index in [1.165, 1.54) is 6.07 Å². The maximum absolute atomic E-state index is 12.1. The number of pyridine rings is 1. The molecule has 2 rings (SSSR count). The number of halogens is 3. The zero-order chi connectivity index (χ0) is 15.5. The summed E-state index contributed by atoms with van der Waals surface area (Å²) in [6, 6.07) is 8.70. The van der Waals surface area contributed by atoms with E-state index in [-0.39, 0.29) is 5.69 Å². The Balaban J connectivity index is 2.33. The number of anilines is 1. The molecule has 2 aromatic rings. The lowest BCUT2D eigenvalue weighted by Gasteiger charge is -2.11. The number of carbonyl (C=O) groups is 1. The van der Waals surface area contributed by atoms with Gasteiger partial charge in [0.1, 0.15) is 18.1 Å². The summed E-state index contributed by atoms with van der Waals surface area (Å²) in [5.41, 5.74) is -0.0473. The van der Waals surface area contributed by atoms with Gasteiger partial charge in [-0.1, -0.05) is 24.3 Å². The maximum atomic E-state index is 12.1. The maximum Gasteiger partial charge on any atom is 0.405 e. The highest BCUT2D eigenvalue weighted by Crippen LogP contribution is 2.22. The number of nitrogens with zero attached hydrogens (tertiary/aromatic N) is 1. The molecular weight excluding hydrogens is 283 g/mol. The zero-order valence-electron chi connectivity index (χ0n) is 11.3. The highest BCUT2D eigenvalue weighted by atomic mass is 19.4. The first-order chi connectivity index (χ1) is 9.90. The average molecular weight is 297 g/mol. The summed E-state index contributed by atoms with van der Waals surface area (Å²) < 4.78 is 36.4. The first kappa shape index (κ1) is 15.1. The van der Waals surface area contributed by atoms with Crippen molar-refractivity contribution in [3.63, 3.8) is 0 Å². The molecule has 0 saturated heterocycles. The van der Waals surface area contributed by atoms with E-state index in [1.807, 2.05) is 24.4 Å². The number of amides is 1. The van der Waals surface area contributed by atoms with Crippen molar-refractivity contribution >= 4 is 22.5 Å². The van der Waals surface area contributed by atoms with E-state index in [0.717, 1.165) is 10.8 Å². The Labute approximate surface area is 119 Å². The number of alkyl halides is 3. The summed E-state index contributed by atoms with van der Waals surface area (Å²) in [6.45, 7) is 1.08. The Morgan fingerprint density at radius 2 is 2.00 bits per heavy atom. The Morgan fingerprint density at radius 1 is 1.29 bits per heavy atom. The van der Waals surface area contributed by atoms with Crippen molar-refractivity contribution in [2.24, 2.45) is 0 Å². The predicted octanol–water partition coefficient (Wildman–Crippen LogP) is 2.96. The first-order valence-electron chi connectivity index (χ1n) is 6.39. The van der Waals surface area contributed by atoms with Gasteiger partial charge in [-0.2, -0.15) is 13.2 Å². The minimum absolute atomic E-state index is 0.0473. The zero-order valence-corrected chi connectivity index (χ0v) is 11.3. The van der Waals surface area contributed by atoms with Crippen molar-refractivity contribution in [3.05, 3.63) is 36.0 Å². The summed E-state index contributed by atoms with van der Waals surface area (Å²) in [7, 11) is 0. The Bertz CT molecular complexity index is 655. The molecule has 4 nitrogen and oxygen atoms in total.